The number of anilines is 1. The van der Waals surface area contributed by atoms with Gasteiger partial charge in [-0.3, -0.25) is 0 Å². The van der Waals surface area contributed by atoms with Crippen LogP contribution in [0.5, 0.6) is 0 Å². The number of nitrogens with zero attached hydrogens (tertiary/aromatic N) is 2. The molecule has 0 amide bonds. The molecular formula is C15H17ClFN3. The fourth-order valence-electron chi connectivity index (χ4n) is 2.04. The van der Waals surface area contributed by atoms with E-state index in [2.05, 4.69) is 15.3 Å². The first-order valence-corrected chi connectivity index (χ1v) is 6.95. The van der Waals surface area contributed by atoms with E-state index in [-0.39, 0.29) is 11.7 Å². The average molecular weight is 294 g/mol. The van der Waals surface area contributed by atoms with Crippen molar-refractivity contribution in [3.05, 3.63) is 52.7 Å². The number of hydrogen-bond donors (Lipinski definition) is 1. The standard InChI is InChI=1S/C15H17ClFN3/c1-10(2)13-14(16)19-9-20-15(13)18-8-7-11-5-3-4-6-12(11)17/h3-6,9-10H,7-8H2,1-2H3,(H,18,19,20). The van der Waals surface area contributed by atoms with E-state index >= 15 is 0 Å². The SMILES string of the molecule is CC(C)c1c(Cl)ncnc1NCCc1ccccc1F. The molecule has 3 nitrogen and oxygen atoms in total. The van der Waals surface area contributed by atoms with E-state index in [1.54, 1.807) is 12.1 Å². The van der Waals surface area contributed by atoms with Crippen LogP contribution in [0.25, 0.3) is 0 Å². The largest absolute Gasteiger partial charge is 0.369 e. The van der Waals surface area contributed by atoms with Gasteiger partial charge in [0, 0.05) is 12.1 Å². The number of benzene rings is 1. The highest BCUT2D eigenvalue weighted by atomic mass is 35.5. The molecule has 0 saturated heterocycles. The summed E-state index contributed by atoms with van der Waals surface area (Å²) in [6, 6.07) is 6.77. The Morgan fingerprint density at radius 3 is 2.70 bits per heavy atom. The lowest BCUT2D eigenvalue weighted by molar-refractivity contribution is 0.610. The van der Waals surface area contributed by atoms with E-state index in [4.69, 9.17) is 11.6 Å². The van der Waals surface area contributed by atoms with Gasteiger partial charge in [0.1, 0.15) is 23.1 Å². The minimum atomic E-state index is -0.181. The van der Waals surface area contributed by atoms with Crippen molar-refractivity contribution in [3.8, 4) is 0 Å². The fourth-order valence-corrected chi connectivity index (χ4v) is 2.39. The molecule has 0 saturated carbocycles. The lowest BCUT2D eigenvalue weighted by Crippen LogP contribution is -2.11. The highest BCUT2D eigenvalue weighted by Gasteiger charge is 2.13. The summed E-state index contributed by atoms with van der Waals surface area (Å²) in [5, 5.41) is 3.67. The summed E-state index contributed by atoms with van der Waals surface area (Å²) in [7, 11) is 0. The van der Waals surface area contributed by atoms with Crippen LogP contribution in [0.4, 0.5) is 10.2 Å². The Labute approximate surface area is 123 Å². The molecule has 1 aromatic heterocycles. The number of nitrogens with one attached hydrogen (secondary N) is 1. The van der Waals surface area contributed by atoms with E-state index < -0.39 is 0 Å². The van der Waals surface area contributed by atoms with E-state index in [1.165, 1.54) is 12.4 Å². The third-order valence-electron chi connectivity index (χ3n) is 3.06. The van der Waals surface area contributed by atoms with Crippen LogP contribution in [0.3, 0.4) is 0 Å². The van der Waals surface area contributed by atoms with Crippen molar-refractivity contribution in [2.45, 2.75) is 26.2 Å². The van der Waals surface area contributed by atoms with Crippen molar-refractivity contribution in [2.24, 2.45) is 0 Å². The smallest absolute Gasteiger partial charge is 0.138 e. The number of hydrogen-bond acceptors (Lipinski definition) is 3. The molecule has 0 atom stereocenters. The molecule has 0 aliphatic rings. The number of rotatable bonds is 5. The van der Waals surface area contributed by atoms with Gasteiger partial charge in [0.05, 0.1) is 0 Å². The first kappa shape index (κ1) is 14.7. The lowest BCUT2D eigenvalue weighted by atomic mass is 10.1. The van der Waals surface area contributed by atoms with E-state index in [0.29, 0.717) is 23.7 Å². The molecule has 106 valence electrons. The van der Waals surface area contributed by atoms with Crippen LogP contribution in [0.1, 0.15) is 30.9 Å². The molecule has 20 heavy (non-hydrogen) atoms. The Bertz CT molecular complexity index is 587. The van der Waals surface area contributed by atoms with Gasteiger partial charge in [-0.15, -0.1) is 0 Å². The van der Waals surface area contributed by atoms with Gasteiger partial charge < -0.3 is 5.32 Å². The van der Waals surface area contributed by atoms with Gasteiger partial charge in [-0.1, -0.05) is 43.6 Å². The van der Waals surface area contributed by atoms with Crippen molar-refractivity contribution in [1.29, 1.82) is 0 Å². The van der Waals surface area contributed by atoms with Crippen LogP contribution in [0, 0.1) is 5.82 Å². The average Bonchev–Trinajstić information content (AvgIpc) is 2.40. The zero-order valence-electron chi connectivity index (χ0n) is 11.5. The van der Waals surface area contributed by atoms with Crippen LogP contribution in [0.15, 0.2) is 30.6 Å². The van der Waals surface area contributed by atoms with Crippen molar-refractivity contribution >= 4 is 17.4 Å². The van der Waals surface area contributed by atoms with Gasteiger partial charge in [-0.05, 0) is 24.0 Å². The third-order valence-corrected chi connectivity index (χ3v) is 3.36. The Balaban J connectivity index is 2.05. The maximum atomic E-state index is 13.5. The van der Waals surface area contributed by atoms with Gasteiger partial charge in [-0.2, -0.15) is 0 Å². The predicted molar refractivity (Wildman–Crippen MR) is 79.7 cm³/mol. The molecule has 0 unspecified atom stereocenters. The summed E-state index contributed by atoms with van der Waals surface area (Å²) in [5.74, 6) is 0.759. The quantitative estimate of drug-likeness (QED) is 0.845. The monoisotopic (exact) mass is 293 g/mol. The van der Waals surface area contributed by atoms with Crippen molar-refractivity contribution in [2.75, 3.05) is 11.9 Å². The van der Waals surface area contributed by atoms with Gasteiger partial charge in [0.2, 0.25) is 0 Å². The van der Waals surface area contributed by atoms with Gasteiger partial charge in [-0.25, -0.2) is 14.4 Å². The summed E-state index contributed by atoms with van der Waals surface area (Å²) in [4.78, 5) is 8.21. The highest BCUT2D eigenvalue weighted by molar-refractivity contribution is 6.30. The van der Waals surface area contributed by atoms with Crippen molar-refractivity contribution < 1.29 is 4.39 Å². The Morgan fingerprint density at radius 2 is 2.00 bits per heavy atom. The molecule has 0 fully saturated rings. The van der Waals surface area contributed by atoms with Gasteiger partial charge in [0.15, 0.2) is 0 Å². The maximum Gasteiger partial charge on any atom is 0.138 e. The Hall–Kier alpha value is -1.68. The van der Waals surface area contributed by atoms with Crippen LogP contribution < -0.4 is 5.32 Å². The second kappa shape index (κ2) is 6.66. The molecule has 2 aromatic rings. The third kappa shape index (κ3) is 3.45. The number of halogens is 2. The topological polar surface area (TPSA) is 37.8 Å². The first-order chi connectivity index (χ1) is 9.59. The fraction of sp³-hybridized carbons (Fsp3) is 0.333. The molecule has 0 aliphatic heterocycles. The van der Waals surface area contributed by atoms with Crippen molar-refractivity contribution in [3.63, 3.8) is 0 Å². The lowest BCUT2D eigenvalue weighted by Gasteiger charge is -2.14. The zero-order chi connectivity index (χ0) is 14.5. The molecular weight excluding hydrogens is 277 g/mol. The molecule has 0 bridgehead atoms. The van der Waals surface area contributed by atoms with E-state index in [1.807, 2.05) is 19.9 Å². The summed E-state index contributed by atoms with van der Waals surface area (Å²) in [5.41, 5.74) is 1.58. The minimum absolute atomic E-state index is 0.181. The molecule has 1 N–H and O–H groups in total. The molecule has 2 rings (SSSR count). The molecule has 0 radical (unpaired) electrons. The molecule has 0 aliphatic carbocycles. The highest BCUT2D eigenvalue weighted by Crippen LogP contribution is 2.27. The first-order valence-electron chi connectivity index (χ1n) is 6.57. The Kier molecular flexibility index (Phi) is 4.90. The van der Waals surface area contributed by atoms with Crippen molar-refractivity contribution in [1.82, 2.24) is 9.97 Å². The normalized spacial score (nSPS) is 10.8. The summed E-state index contributed by atoms with van der Waals surface area (Å²) in [6.45, 7) is 4.66. The summed E-state index contributed by atoms with van der Waals surface area (Å²) in [6.07, 6.45) is 2.02. The second-order valence-corrected chi connectivity index (χ2v) is 5.21. The molecule has 0 spiro atoms. The predicted octanol–water partition coefficient (Wildman–Crippen LogP) is 4.05. The molecule has 1 heterocycles. The van der Waals surface area contributed by atoms with Crippen LogP contribution in [-0.4, -0.2) is 16.5 Å². The van der Waals surface area contributed by atoms with E-state index in [9.17, 15) is 4.39 Å². The second-order valence-electron chi connectivity index (χ2n) is 4.85. The summed E-state index contributed by atoms with van der Waals surface area (Å²) >= 11 is 6.09. The van der Waals surface area contributed by atoms with Crippen LogP contribution >= 0.6 is 11.6 Å². The molecule has 5 heteroatoms. The Morgan fingerprint density at radius 1 is 1.25 bits per heavy atom. The van der Waals surface area contributed by atoms with Crippen LogP contribution in [0.2, 0.25) is 5.15 Å². The van der Waals surface area contributed by atoms with Gasteiger partial charge >= 0.3 is 0 Å². The van der Waals surface area contributed by atoms with Gasteiger partial charge in [0.25, 0.3) is 0 Å². The summed E-state index contributed by atoms with van der Waals surface area (Å²) < 4.78 is 13.5. The minimum Gasteiger partial charge on any atom is -0.369 e. The van der Waals surface area contributed by atoms with Crippen LogP contribution in [-0.2, 0) is 6.42 Å². The van der Waals surface area contributed by atoms with E-state index in [0.717, 1.165) is 11.4 Å². The number of aromatic nitrogens is 2. The zero-order valence-corrected chi connectivity index (χ0v) is 12.3. The maximum absolute atomic E-state index is 13.5. The molecule has 1 aromatic carbocycles.